The van der Waals surface area contributed by atoms with Gasteiger partial charge in [-0.3, -0.25) is 9.59 Å². The standard InChI is InChI=1S/C21H25NO4/c1-17(26-16-19-11-6-3-7-12-19)21(25)22(14-8-13-20(23)24)15-18-9-4-2-5-10-18/h2-7,9-12,17H,8,13-16H2,1H3,(H,23,24). The average Bonchev–Trinajstić information content (AvgIpc) is 2.66. The molecule has 0 heterocycles. The van der Waals surface area contributed by atoms with Crippen molar-refractivity contribution >= 4 is 11.9 Å². The number of carboxylic acid groups (broad SMARTS) is 1. The van der Waals surface area contributed by atoms with E-state index in [1.54, 1.807) is 11.8 Å². The van der Waals surface area contributed by atoms with Crippen LogP contribution in [0.2, 0.25) is 0 Å². The van der Waals surface area contributed by atoms with E-state index in [4.69, 9.17) is 9.84 Å². The van der Waals surface area contributed by atoms with Crippen LogP contribution in [0.5, 0.6) is 0 Å². The highest BCUT2D eigenvalue weighted by Gasteiger charge is 2.21. The van der Waals surface area contributed by atoms with Crippen molar-refractivity contribution in [3.05, 3.63) is 71.8 Å². The minimum atomic E-state index is -0.856. The molecule has 1 unspecified atom stereocenters. The van der Waals surface area contributed by atoms with Crippen molar-refractivity contribution in [3.63, 3.8) is 0 Å². The molecule has 0 aliphatic heterocycles. The van der Waals surface area contributed by atoms with E-state index >= 15 is 0 Å². The number of hydrogen-bond donors (Lipinski definition) is 1. The molecule has 0 saturated carbocycles. The molecule has 2 rings (SSSR count). The monoisotopic (exact) mass is 355 g/mol. The van der Waals surface area contributed by atoms with Gasteiger partial charge in [-0.05, 0) is 24.5 Å². The fourth-order valence-electron chi connectivity index (χ4n) is 2.62. The number of carbonyl (C=O) groups is 2. The van der Waals surface area contributed by atoms with Crippen LogP contribution in [0.25, 0.3) is 0 Å². The Balaban J connectivity index is 1.96. The molecule has 26 heavy (non-hydrogen) atoms. The minimum Gasteiger partial charge on any atom is -0.481 e. The molecule has 0 aliphatic rings. The second-order valence-corrected chi connectivity index (χ2v) is 6.18. The van der Waals surface area contributed by atoms with Crippen LogP contribution in [0.3, 0.4) is 0 Å². The molecular formula is C21H25NO4. The van der Waals surface area contributed by atoms with Gasteiger partial charge in [0, 0.05) is 19.5 Å². The van der Waals surface area contributed by atoms with Crippen molar-refractivity contribution < 1.29 is 19.4 Å². The zero-order chi connectivity index (χ0) is 18.8. The molecule has 0 fully saturated rings. The number of aliphatic carboxylic acids is 1. The van der Waals surface area contributed by atoms with Crippen molar-refractivity contribution in [2.45, 2.75) is 39.0 Å². The van der Waals surface area contributed by atoms with Gasteiger partial charge in [-0.2, -0.15) is 0 Å². The lowest BCUT2D eigenvalue weighted by Crippen LogP contribution is -2.39. The lowest BCUT2D eigenvalue weighted by molar-refractivity contribution is -0.145. The number of ether oxygens (including phenoxy) is 1. The van der Waals surface area contributed by atoms with Crippen LogP contribution >= 0.6 is 0 Å². The van der Waals surface area contributed by atoms with Crippen LogP contribution in [0.4, 0.5) is 0 Å². The highest BCUT2D eigenvalue weighted by molar-refractivity contribution is 5.80. The lowest BCUT2D eigenvalue weighted by Gasteiger charge is -2.26. The third-order valence-corrected chi connectivity index (χ3v) is 4.04. The van der Waals surface area contributed by atoms with Gasteiger partial charge in [-0.25, -0.2) is 0 Å². The summed E-state index contributed by atoms with van der Waals surface area (Å²) in [5.74, 6) is -0.986. The number of rotatable bonds is 10. The van der Waals surface area contributed by atoms with Gasteiger partial charge in [-0.15, -0.1) is 0 Å². The fraction of sp³-hybridized carbons (Fsp3) is 0.333. The molecule has 0 saturated heterocycles. The Morgan fingerprint density at radius 1 is 1.00 bits per heavy atom. The molecular weight excluding hydrogens is 330 g/mol. The highest BCUT2D eigenvalue weighted by Crippen LogP contribution is 2.11. The normalized spacial score (nSPS) is 11.7. The predicted octanol–water partition coefficient (Wildman–Crippen LogP) is 3.49. The second-order valence-electron chi connectivity index (χ2n) is 6.18. The molecule has 5 heteroatoms. The van der Waals surface area contributed by atoms with E-state index in [1.807, 2.05) is 60.7 Å². The van der Waals surface area contributed by atoms with E-state index in [2.05, 4.69) is 0 Å². The van der Waals surface area contributed by atoms with Crippen LogP contribution in [-0.4, -0.2) is 34.5 Å². The summed E-state index contributed by atoms with van der Waals surface area (Å²) >= 11 is 0. The third kappa shape index (κ3) is 6.69. The van der Waals surface area contributed by atoms with E-state index in [0.717, 1.165) is 11.1 Å². The number of hydrogen-bond acceptors (Lipinski definition) is 3. The smallest absolute Gasteiger partial charge is 0.303 e. The van der Waals surface area contributed by atoms with Gasteiger partial charge in [0.15, 0.2) is 0 Å². The number of benzene rings is 2. The first-order chi connectivity index (χ1) is 12.6. The highest BCUT2D eigenvalue weighted by atomic mass is 16.5. The molecule has 1 N–H and O–H groups in total. The van der Waals surface area contributed by atoms with Gasteiger partial charge < -0.3 is 14.7 Å². The second kappa shape index (κ2) is 10.4. The van der Waals surface area contributed by atoms with Gasteiger partial charge in [0.25, 0.3) is 5.91 Å². The zero-order valence-corrected chi connectivity index (χ0v) is 15.0. The van der Waals surface area contributed by atoms with Crippen molar-refractivity contribution in [3.8, 4) is 0 Å². The maximum atomic E-state index is 12.8. The van der Waals surface area contributed by atoms with Crippen molar-refractivity contribution in [1.82, 2.24) is 4.90 Å². The number of amides is 1. The van der Waals surface area contributed by atoms with E-state index in [1.165, 1.54) is 0 Å². The summed E-state index contributed by atoms with van der Waals surface area (Å²) in [4.78, 5) is 25.2. The van der Waals surface area contributed by atoms with Gasteiger partial charge in [0.05, 0.1) is 6.61 Å². The summed E-state index contributed by atoms with van der Waals surface area (Å²) in [6.07, 6.45) is -0.138. The first-order valence-electron chi connectivity index (χ1n) is 8.76. The first kappa shape index (κ1) is 19.7. The minimum absolute atomic E-state index is 0.0395. The maximum absolute atomic E-state index is 12.8. The molecule has 2 aromatic carbocycles. The van der Waals surface area contributed by atoms with Crippen LogP contribution in [0.1, 0.15) is 30.9 Å². The summed E-state index contributed by atoms with van der Waals surface area (Å²) in [7, 11) is 0. The fourth-order valence-corrected chi connectivity index (χ4v) is 2.62. The molecule has 2 aromatic rings. The SMILES string of the molecule is CC(OCc1ccccc1)C(=O)N(CCCC(=O)O)Cc1ccccc1. The Bertz CT molecular complexity index is 688. The van der Waals surface area contributed by atoms with Gasteiger partial charge >= 0.3 is 5.97 Å². The summed E-state index contributed by atoms with van der Waals surface area (Å²) in [5.41, 5.74) is 2.01. The zero-order valence-electron chi connectivity index (χ0n) is 15.0. The molecule has 138 valence electrons. The number of nitrogens with zero attached hydrogens (tertiary/aromatic N) is 1. The quantitative estimate of drug-likeness (QED) is 0.708. The maximum Gasteiger partial charge on any atom is 0.303 e. The number of carbonyl (C=O) groups excluding carboxylic acids is 1. The van der Waals surface area contributed by atoms with Crippen LogP contribution in [-0.2, 0) is 27.5 Å². The molecule has 1 amide bonds. The van der Waals surface area contributed by atoms with Crippen LogP contribution < -0.4 is 0 Å². The van der Waals surface area contributed by atoms with E-state index < -0.39 is 12.1 Å². The molecule has 0 radical (unpaired) electrons. The summed E-state index contributed by atoms with van der Waals surface area (Å²) in [5, 5.41) is 8.85. The van der Waals surface area contributed by atoms with Crippen molar-refractivity contribution in [1.29, 1.82) is 0 Å². The summed E-state index contributed by atoms with van der Waals surface area (Å²) in [6.45, 7) is 2.93. The third-order valence-electron chi connectivity index (χ3n) is 4.04. The molecule has 0 aromatic heterocycles. The molecule has 0 aliphatic carbocycles. The summed E-state index contributed by atoms with van der Waals surface area (Å²) < 4.78 is 5.73. The number of carboxylic acids is 1. The van der Waals surface area contributed by atoms with E-state index in [9.17, 15) is 9.59 Å². The van der Waals surface area contributed by atoms with Gasteiger partial charge in [-0.1, -0.05) is 60.7 Å². The lowest BCUT2D eigenvalue weighted by atomic mass is 10.2. The first-order valence-corrected chi connectivity index (χ1v) is 8.76. The Labute approximate surface area is 154 Å². The van der Waals surface area contributed by atoms with Gasteiger partial charge in [0.1, 0.15) is 6.10 Å². The molecule has 5 nitrogen and oxygen atoms in total. The topological polar surface area (TPSA) is 66.8 Å². The van der Waals surface area contributed by atoms with E-state index in [-0.39, 0.29) is 12.3 Å². The molecule has 0 bridgehead atoms. The van der Waals surface area contributed by atoms with Gasteiger partial charge in [0.2, 0.25) is 0 Å². The Morgan fingerprint density at radius 3 is 2.15 bits per heavy atom. The van der Waals surface area contributed by atoms with Crippen molar-refractivity contribution in [2.24, 2.45) is 0 Å². The van der Waals surface area contributed by atoms with E-state index in [0.29, 0.717) is 26.1 Å². The Kier molecular flexibility index (Phi) is 7.83. The molecule has 0 spiro atoms. The Hall–Kier alpha value is -2.66. The summed E-state index contributed by atoms with van der Waals surface area (Å²) in [6, 6.07) is 19.4. The van der Waals surface area contributed by atoms with Crippen LogP contribution in [0, 0.1) is 0 Å². The van der Waals surface area contributed by atoms with Crippen LogP contribution in [0.15, 0.2) is 60.7 Å². The average molecular weight is 355 g/mol. The Morgan fingerprint density at radius 2 is 1.58 bits per heavy atom. The largest absolute Gasteiger partial charge is 0.481 e. The predicted molar refractivity (Wildman–Crippen MR) is 99.4 cm³/mol. The van der Waals surface area contributed by atoms with Crippen molar-refractivity contribution in [2.75, 3.05) is 6.54 Å². The molecule has 1 atom stereocenters.